The first-order valence-corrected chi connectivity index (χ1v) is 3.45. The molecule has 0 spiro atoms. The zero-order chi connectivity index (χ0) is 8.91. The molecule has 0 aliphatic heterocycles. The van der Waals surface area contributed by atoms with Gasteiger partial charge in [-0.3, -0.25) is 5.73 Å². The first-order chi connectivity index (χ1) is 5.00. The summed E-state index contributed by atoms with van der Waals surface area (Å²) in [4.78, 5) is 10.2. The summed E-state index contributed by atoms with van der Waals surface area (Å²) in [5, 5.41) is 17.3. The van der Waals surface area contributed by atoms with Crippen LogP contribution in [0.3, 0.4) is 0 Å². The highest BCUT2D eigenvalue weighted by Crippen LogP contribution is 2.07. The van der Waals surface area contributed by atoms with E-state index in [1.165, 1.54) is 0 Å². The number of carboxylic acids is 1. The van der Waals surface area contributed by atoms with Crippen LogP contribution in [0.2, 0.25) is 0 Å². The lowest BCUT2D eigenvalue weighted by atomic mass is 10.1. The quantitative estimate of drug-likeness (QED) is 0.301. The molecule has 0 aliphatic carbocycles. The number of rotatable bonds is 5. The van der Waals surface area contributed by atoms with Crippen molar-refractivity contribution in [2.75, 3.05) is 6.54 Å². The van der Waals surface area contributed by atoms with Crippen molar-refractivity contribution in [2.24, 2.45) is 11.5 Å². The Bertz CT molecular complexity index is 136. The lowest BCUT2D eigenvalue weighted by Gasteiger charge is -2.16. The van der Waals surface area contributed by atoms with Crippen LogP contribution in [0.4, 0.5) is 0 Å². The van der Waals surface area contributed by atoms with Gasteiger partial charge in [-0.25, -0.2) is 4.79 Å². The van der Waals surface area contributed by atoms with Crippen molar-refractivity contribution in [1.82, 2.24) is 0 Å². The summed E-state index contributed by atoms with van der Waals surface area (Å²) < 4.78 is 0. The Morgan fingerprint density at radius 3 is 2.36 bits per heavy atom. The van der Waals surface area contributed by atoms with E-state index < -0.39 is 11.7 Å². The molecule has 66 valence electrons. The van der Waals surface area contributed by atoms with E-state index in [0.717, 1.165) is 0 Å². The maximum Gasteiger partial charge on any atom is 0.350 e. The molecule has 5 nitrogen and oxygen atoms in total. The fraction of sp³-hybridized carbons (Fsp3) is 0.833. The van der Waals surface area contributed by atoms with Gasteiger partial charge in [0.05, 0.1) is 0 Å². The number of carbonyl (C=O) groups is 1. The largest absolute Gasteiger partial charge is 0.478 e. The van der Waals surface area contributed by atoms with Gasteiger partial charge in [0, 0.05) is 6.42 Å². The summed E-state index contributed by atoms with van der Waals surface area (Å²) in [6.07, 6.45) is 1.24. The summed E-state index contributed by atoms with van der Waals surface area (Å²) in [5.74, 6) is -1.39. The maximum absolute atomic E-state index is 10.2. The van der Waals surface area contributed by atoms with E-state index in [1.54, 1.807) is 0 Å². The van der Waals surface area contributed by atoms with Gasteiger partial charge in [-0.2, -0.15) is 0 Å². The number of aliphatic hydroxyl groups is 1. The smallest absolute Gasteiger partial charge is 0.350 e. The van der Waals surface area contributed by atoms with Crippen LogP contribution in [0.25, 0.3) is 0 Å². The molecule has 0 unspecified atom stereocenters. The van der Waals surface area contributed by atoms with Crippen molar-refractivity contribution in [3.05, 3.63) is 0 Å². The van der Waals surface area contributed by atoms with E-state index in [-0.39, 0.29) is 6.42 Å². The van der Waals surface area contributed by atoms with Gasteiger partial charge in [-0.15, -0.1) is 0 Å². The third-order valence-electron chi connectivity index (χ3n) is 1.38. The monoisotopic (exact) mass is 162 g/mol. The highest BCUT2D eigenvalue weighted by atomic mass is 16.4. The Morgan fingerprint density at radius 2 is 2.00 bits per heavy atom. The van der Waals surface area contributed by atoms with Gasteiger partial charge in [0.15, 0.2) is 0 Å². The van der Waals surface area contributed by atoms with Gasteiger partial charge in [-0.05, 0) is 19.4 Å². The molecule has 0 bridgehead atoms. The second-order valence-electron chi connectivity index (χ2n) is 2.48. The molecule has 0 radical (unpaired) electrons. The minimum Gasteiger partial charge on any atom is -0.478 e. The number of unbranched alkanes of at least 4 members (excludes halogenated alkanes) is 1. The van der Waals surface area contributed by atoms with Gasteiger partial charge >= 0.3 is 5.97 Å². The van der Waals surface area contributed by atoms with E-state index in [0.29, 0.717) is 19.4 Å². The Hall–Kier alpha value is -0.650. The molecule has 0 saturated heterocycles. The van der Waals surface area contributed by atoms with Gasteiger partial charge < -0.3 is 15.9 Å². The average molecular weight is 162 g/mol. The third kappa shape index (κ3) is 3.92. The van der Waals surface area contributed by atoms with Gasteiger partial charge in [0.25, 0.3) is 0 Å². The Balaban J connectivity index is 3.64. The Kier molecular flexibility index (Phi) is 4.02. The molecule has 0 rings (SSSR count). The van der Waals surface area contributed by atoms with E-state index in [4.69, 9.17) is 21.7 Å². The number of nitrogens with two attached hydrogens (primary N) is 2. The first-order valence-electron chi connectivity index (χ1n) is 3.45. The molecule has 1 atom stereocenters. The minimum absolute atomic E-state index is 0.0412. The van der Waals surface area contributed by atoms with Crippen LogP contribution in [-0.4, -0.2) is 28.5 Å². The average Bonchev–Trinajstić information content (AvgIpc) is 1.88. The fourth-order valence-electron chi connectivity index (χ4n) is 0.646. The van der Waals surface area contributed by atoms with Crippen LogP contribution in [-0.2, 0) is 4.79 Å². The zero-order valence-electron chi connectivity index (χ0n) is 6.29. The zero-order valence-corrected chi connectivity index (χ0v) is 6.29. The second-order valence-corrected chi connectivity index (χ2v) is 2.48. The molecule has 0 aliphatic rings. The fourth-order valence-corrected chi connectivity index (χ4v) is 0.646. The van der Waals surface area contributed by atoms with E-state index in [1.807, 2.05) is 0 Å². The van der Waals surface area contributed by atoms with Crippen LogP contribution in [0.5, 0.6) is 0 Å². The van der Waals surface area contributed by atoms with Gasteiger partial charge in [0.1, 0.15) is 0 Å². The van der Waals surface area contributed by atoms with Crippen molar-refractivity contribution < 1.29 is 15.0 Å². The van der Waals surface area contributed by atoms with Gasteiger partial charge in [-0.1, -0.05) is 0 Å². The Labute approximate surface area is 65.0 Å². The van der Waals surface area contributed by atoms with Gasteiger partial charge in [0.2, 0.25) is 5.72 Å². The molecule has 5 heteroatoms. The molecule has 0 aromatic rings. The second kappa shape index (κ2) is 4.27. The molecule has 11 heavy (non-hydrogen) atoms. The molecule has 0 aromatic carbocycles. The number of aliphatic carboxylic acids is 1. The SMILES string of the molecule is NCCCC[C@@](N)(O)C(=O)O. The summed E-state index contributed by atoms with van der Waals surface area (Å²) in [6.45, 7) is 0.482. The topological polar surface area (TPSA) is 110 Å². The highest BCUT2D eigenvalue weighted by Gasteiger charge is 2.29. The van der Waals surface area contributed by atoms with E-state index in [9.17, 15) is 4.79 Å². The molecular formula is C6H14N2O3. The van der Waals surface area contributed by atoms with Crippen molar-refractivity contribution in [3.8, 4) is 0 Å². The molecule has 0 saturated carbocycles. The minimum atomic E-state index is -2.09. The van der Waals surface area contributed by atoms with Crippen LogP contribution in [0.1, 0.15) is 19.3 Å². The molecule has 0 heterocycles. The first kappa shape index (κ1) is 10.3. The van der Waals surface area contributed by atoms with Crippen LogP contribution in [0.15, 0.2) is 0 Å². The van der Waals surface area contributed by atoms with Crippen molar-refractivity contribution >= 4 is 5.97 Å². The van der Waals surface area contributed by atoms with E-state index in [2.05, 4.69) is 0 Å². The summed E-state index contributed by atoms with van der Waals surface area (Å²) >= 11 is 0. The molecular weight excluding hydrogens is 148 g/mol. The molecule has 0 amide bonds. The number of hydrogen-bond acceptors (Lipinski definition) is 4. The molecule has 6 N–H and O–H groups in total. The van der Waals surface area contributed by atoms with E-state index >= 15 is 0 Å². The molecule has 0 aromatic heterocycles. The number of carboxylic acid groups (broad SMARTS) is 1. The van der Waals surface area contributed by atoms with Crippen molar-refractivity contribution in [2.45, 2.75) is 25.0 Å². The lowest BCUT2D eigenvalue weighted by Crippen LogP contribution is -2.47. The summed E-state index contributed by atoms with van der Waals surface area (Å²) in [5.41, 5.74) is 8.09. The maximum atomic E-state index is 10.2. The lowest BCUT2D eigenvalue weighted by molar-refractivity contribution is -0.158. The Morgan fingerprint density at radius 1 is 1.45 bits per heavy atom. The van der Waals surface area contributed by atoms with Crippen LogP contribution < -0.4 is 11.5 Å². The third-order valence-corrected chi connectivity index (χ3v) is 1.38. The van der Waals surface area contributed by atoms with Crippen molar-refractivity contribution in [3.63, 3.8) is 0 Å². The molecule has 0 fully saturated rings. The van der Waals surface area contributed by atoms with Crippen LogP contribution >= 0.6 is 0 Å². The highest BCUT2D eigenvalue weighted by molar-refractivity contribution is 5.75. The predicted octanol–water partition coefficient (Wildman–Crippen LogP) is -1.15. The predicted molar refractivity (Wildman–Crippen MR) is 39.7 cm³/mol. The summed E-state index contributed by atoms with van der Waals surface area (Å²) in [7, 11) is 0. The van der Waals surface area contributed by atoms with Crippen molar-refractivity contribution in [1.29, 1.82) is 0 Å². The summed E-state index contributed by atoms with van der Waals surface area (Å²) in [6, 6.07) is 0. The standard InChI is InChI=1S/C6H14N2O3/c7-4-2-1-3-6(8,11)5(9)10/h11H,1-4,7-8H2,(H,9,10)/t6-/m1/s1. The number of hydrogen-bond donors (Lipinski definition) is 4. The van der Waals surface area contributed by atoms with Crippen LogP contribution in [0, 0.1) is 0 Å². The normalized spacial score (nSPS) is 15.9.